The maximum atomic E-state index is 11.1. The van der Waals surface area contributed by atoms with Crippen LogP contribution in [0, 0.1) is 0 Å². The molecule has 0 atom stereocenters. The molecule has 1 N–H and O–H groups in total. The van der Waals surface area contributed by atoms with Gasteiger partial charge in [0, 0.05) is 25.9 Å². The number of likely N-dealkylation sites (N-methyl/N-ethyl adjacent to an activating group) is 1. The Bertz CT molecular complexity index is 163. The molecule has 5 heteroatoms. The molecule has 0 aliphatic rings. The van der Waals surface area contributed by atoms with Gasteiger partial charge in [0.15, 0.2) is 0 Å². The zero-order valence-corrected chi connectivity index (χ0v) is 9.60. The minimum Gasteiger partial charge on any atom is -0.355 e. The van der Waals surface area contributed by atoms with E-state index in [1.54, 1.807) is 0 Å². The number of hydrogen-bond acceptors (Lipinski definition) is 3. The van der Waals surface area contributed by atoms with Gasteiger partial charge in [0.25, 0.3) is 0 Å². The standard InChI is InChI=1S/C9H18N2O2.ClH/c1-11(2)7-6-10-9(13)5-3-4-8-12;/h8H,3-7H2,1-2H3,(H,10,13);1H. The van der Waals surface area contributed by atoms with Crippen molar-refractivity contribution in [1.82, 2.24) is 10.2 Å². The molecule has 1 amide bonds. The maximum absolute atomic E-state index is 11.1. The van der Waals surface area contributed by atoms with Crippen LogP contribution in [-0.2, 0) is 9.59 Å². The molecule has 14 heavy (non-hydrogen) atoms. The molecular formula is C9H19ClN2O2. The molecule has 0 spiro atoms. The van der Waals surface area contributed by atoms with Crippen LogP contribution in [0.2, 0.25) is 0 Å². The summed E-state index contributed by atoms with van der Waals surface area (Å²) in [5.74, 6) is 0.0312. The Morgan fingerprint density at radius 3 is 2.57 bits per heavy atom. The minimum absolute atomic E-state index is 0. The maximum Gasteiger partial charge on any atom is 0.220 e. The van der Waals surface area contributed by atoms with Crippen LogP contribution in [0.25, 0.3) is 0 Å². The lowest BCUT2D eigenvalue weighted by Gasteiger charge is -2.09. The summed E-state index contributed by atoms with van der Waals surface area (Å²) in [5, 5.41) is 2.78. The molecule has 0 saturated carbocycles. The molecule has 84 valence electrons. The van der Waals surface area contributed by atoms with Crippen LogP contribution in [0.3, 0.4) is 0 Å². The molecule has 4 nitrogen and oxygen atoms in total. The molecule has 0 bridgehead atoms. The van der Waals surface area contributed by atoms with Crippen molar-refractivity contribution in [2.75, 3.05) is 27.2 Å². The van der Waals surface area contributed by atoms with E-state index in [0.717, 1.165) is 12.8 Å². The number of halogens is 1. The van der Waals surface area contributed by atoms with Crippen molar-refractivity contribution in [1.29, 1.82) is 0 Å². The van der Waals surface area contributed by atoms with Crippen molar-refractivity contribution in [2.24, 2.45) is 0 Å². The van der Waals surface area contributed by atoms with Gasteiger partial charge in [0.1, 0.15) is 6.29 Å². The predicted octanol–water partition coefficient (Wildman–Crippen LogP) is 0.455. The van der Waals surface area contributed by atoms with E-state index >= 15 is 0 Å². The smallest absolute Gasteiger partial charge is 0.220 e. The molecule has 0 unspecified atom stereocenters. The van der Waals surface area contributed by atoms with Crippen molar-refractivity contribution in [3.05, 3.63) is 0 Å². The second-order valence-corrected chi connectivity index (χ2v) is 3.21. The molecule has 0 aliphatic heterocycles. The Morgan fingerprint density at radius 2 is 2.07 bits per heavy atom. The molecule has 0 aromatic heterocycles. The third-order valence-electron chi connectivity index (χ3n) is 1.61. The molecule has 0 heterocycles. The quantitative estimate of drug-likeness (QED) is 0.503. The highest BCUT2D eigenvalue weighted by Crippen LogP contribution is 1.91. The highest BCUT2D eigenvalue weighted by molar-refractivity contribution is 5.85. The number of hydrogen-bond donors (Lipinski definition) is 1. The Balaban J connectivity index is 0. The van der Waals surface area contributed by atoms with Crippen LogP contribution in [0.1, 0.15) is 19.3 Å². The van der Waals surface area contributed by atoms with Crippen LogP contribution >= 0.6 is 12.4 Å². The SMILES string of the molecule is CN(C)CCNC(=O)CCCC=O.Cl. The van der Waals surface area contributed by atoms with E-state index in [9.17, 15) is 9.59 Å². The van der Waals surface area contributed by atoms with Crippen LogP contribution < -0.4 is 5.32 Å². The summed E-state index contributed by atoms with van der Waals surface area (Å²) in [6.07, 6.45) is 2.41. The highest BCUT2D eigenvalue weighted by atomic mass is 35.5. The highest BCUT2D eigenvalue weighted by Gasteiger charge is 1.99. The van der Waals surface area contributed by atoms with Gasteiger partial charge in [0.2, 0.25) is 5.91 Å². The van der Waals surface area contributed by atoms with Crippen LogP contribution in [-0.4, -0.2) is 44.3 Å². The number of unbranched alkanes of at least 4 members (excludes halogenated alkanes) is 1. The van der Waals surface area contributed by atoms with Crippen LogP contribution in [0.4, 0.5) is 0 Å². The molecule has 0 fully saturated rings. The lowest BCUT2D eigenvalue weighted by atomic mass is 10.2. The molecule has 0 rings (SSSR count). The van der Waals surface area contributed by atoms with Gasteiger partial charge >= 0.3 is 0 Å². The van der Waals surface area contributed by atoms with E-state index in [4.69, 9.17) is 0 Å². The third-order valence-corrected chi connectivity index (χ3v) is 1.61. The Morgan fingerprint density at radius 1 is 1.43 bits per heavy atom. The number of amides is 1. The summed E-state index contributed by atoms with van der Waals surface area (Å²) in [6, 6.07) is 0. The van der Waals surface area contributed by atoms with E-state index in [0.29, 0.717) is 25.8 Å². The van der Waals surface area contributed by atoms with Gasteiger partial charge in [-0.15, -0.1) is 12.4 Å². The van der Waals surface area contributed by atoms with Gasteiger partial charge in [-0.05, 0) is 20.5 Å². The van der Waals surface area contributed by atoms with Crippen molar-refractivity contribution in [3.63, 3.8) is 0 Å². The van der Waals surface area contributed by atoms with E-state index in [2.05, 4.69) is 5.32 Å². The van der Waals surface area contributed by atoms with E-state index in [1.807, 2.05) is 19.0 Å². The van der Waals surface area contributed by atoms with Gasteiger partial charge in [-0.1, -0.05) is 0 Å². The first kappa shape index (κ1) is 15.8. The third kappa shape index (κ3) is 11.4. The van der Waals surface area contributed by atoms with E-state index < -0.39 is 0 Å². The summed E-state index contributed by atoms with van der Waals surface area (Å²) < 4.78 is 0. The normalized spacial score (nSPS) is 9.36. The van der Waals surface area contributed by atoms with E-state index in [-0.39, 0.29) is 18.3 Å². The molecule has 0 aliphatic carbocycles. The van der Waals surface area contributed by atoms with Gasteiger partial charge in [-0.3, -0.25) is 4.79 Å². The lowest BCUT2D eigenvalue weighted by molar-refractivity contribution is -0.121. The van der Waals surface area contributed by atoms with Gasteiger partial charge < -0.3 is 15.0 Å². The average Bonchev–Trinajstić information content (AvgIpc) is 2.04. The Labute approximate surface area is 91.4 Å². The fourth-order valence-electron chi connectivity index (χ4n) is 0.853. The first-order valence-corrected chi connectivity index (χ1v) is 4.52. The predicted molar refractivity (Wildman–Crippen MR) is 58.7 cm³/mol. The molecule has 0 saturated heterocycles. The number of nitrogens with one attached hydrogen (secondary N) is 1. The van der Waals surface area contributed by atoms with Gasteiger partial charge in [-0.2, -0.15) is 0 Å². The second kappa shape index (κ2) is 10.5. The largest absolute Gasteiger partial charge is 0.355 e. The molecular weight excluding hydrogens is 204 g/mol. The van der Waals surface area contributed by atoms with Crippen LogP contribution in [0.15, 0.2) is 0 Å². The number of carbonyl (C=O) groups is 2. The number of aldehydes is 1. The fourth-order valence-corrected chi connectivity index (χ4v) is 0.853. The summed E-state index contributed by atoms with van der Waals surface area (Å²) in [5.41, 5.74) is 0. The molecule has 0 aromatic carbocycles. The zero-order chi connectivity index (χ0) is 10.1. The van der Waals surface area contributed by atoms with Crippen molar-refractivity contribution < 1.29 is 9.59 Å². The molecule has 0 radical (unpaired) electrons. The number of nitrogens with zero attached hydrogens (tertiary/aromatic N) is 1. The van der Waals surface area contributed by atoms with Gasteiger partial charge in [0.05, 0.1) is 0 Å². The summed E-state index contributed by atoms with van der Waals surface area (Å²) in [4.78, 5) is 23.0. The summed E-state index contributed by atoms with van der Waals surface area (Å²) in [6.45, 7) is 1.52. The van der Waals surface area contributed by atoms with Crippen molar-refractivity contribution in [3.8, 4) is 0 Å². The van der Waals surface area contributed by atoms with Crippen LogP contribution in [0.5, 0.6) is 0 Å². The topological polar surface area (TPSA) is 49.4 Å². The minimum atomic E-state index is 0. The van der Waals surface area contributed by atoms with Gasteiger partial charge in [-0.25, -0.2) is 0 Å². The lowest BCUT2D eigenvalue weighted by Crippen LogP contribution is -2.31. The molecule has 0 aromatic rings. The first-order chi connectivity index (χ1) is 6.16. The van der Waals surface area contributed by atoms with E-state index in [1.165, 1.54) is 0 Å². The average molecular weight is 223 g/mol. The summed E-state index contributed by atoms with van der Waals surface area (Å²) in [7, 11) is 3.91. The zero-order valence-electron chi connectivity index (χ0n) is 8.78. The van der Waals surface area contributed by atoms with Crippen molar-refractivity contribution >= 4 is 24.6 Å². The second-order valence-electron chi connectivity index (χ2n) is 3.21. The summed E-state index contributed by atoms with van der Waals surface area (Å²) >= 11 is 0. The fraction of sp³-hybridized carbons (Fsp3) is 0.778. The number of rotatable bonds is 7. The van der Waals surface area contributed by atoms with Crippen molar-refractivity contribution in [2.45, 2.75) is 19.3 Å². The monoisotopic (exact) mass is 222 g/mol. The number of carbonyl (C=O) groups excluding carboxylic acids is 2. The first-order valence-electron chi connectivity index (χ1n) is 4.52. The Hall–Kier alpha value is -0.610. The Kier molecular flexibility index (Phi) is 11.9.